The fourth-order valence-electron chi connectivity index (χ4n) is 2.16. The summed E-state index contributed by atoms with van der Waals surface area (Å²) in [6.45, 7) is 3.05. The third kappa shape index (κ3) is 4.73. The Hall–Kier alpha value is -1.55. The maximum atomic E-state index is 12.1. The fourth-order valence-corrected chi connectivity index (χ4v) is 2.50. The van der Waals surface area contributed by atoms with Gasteiger partial charge in [0.1, 0.15) is 0 Å². The van der Waals surface area contributed by atoms with Crippen molar-refractivity contribution in [2.24, 2.45) is 0 Å². The predicted molar refractivity (Wildman–Crippen MR) is 92.6 cm³/mol. The molecule has 0 aliphatic carbocycles. The molecule has 0 saturated heterocycles. The summed E-state index contributed by atoms with van der Waals surface area (Å²) < 4.78 is 0. The van der Waals surface area contributed by atoms with Crippen molar-refractivity contribution in [1.29, 1.82) is 0 Å². The second-order valence-corrected chi connectivity index (χ2v) is 6.11. The molecule has 0 radical (unpaired) electrons. The molecule has 0 heterocycles. The molecule has 0 saturated carbocycles. The van der Waals surface area contributed by atoms with Gasteiger partial charge in [-0.3, -0.25) is 9.69 Å². The zero-order chi connectivity index (χ0) is 16.1. The Bertz CT molecular complexity index is 673. The predicted octanol–water partition coefficient (Wildman–Crippen LogP) is 4.37. The molecule has 0 spiro atoms. The van der Waals surface area contributed by atoms with Crippen molar-refractivity contribution < 1.29 is 4.79 Å². The van der Waals surface area contributed by atoms with Crippen LogP contribution in [0.1, 0.15) is 11.1 Å². The van der Waals surface area contributed by atoms with E-state index in [0.717, 1.165) is 0 Å². The van der Waals surface area contributed by atoms with Crippen LogP contribution < -0.4 is 5.32 Å². The van der Waals surface area contributed by atoms with Gasteiger partial charge in [-0.1, -0.05) is 47.5 Å². The van der Waals surface area contributed by atoms with Crippen LogP contribution in [0.15, 0.2) is 42.5 Å². The summed E-state index contributed by atoms with van der Waals surface area (Å²) in [6.07, 6.45) is 0. The van der Waals surface area contributed by atoms with Gasteiger partial charge in [0, 0.05) is 11.6 Å². The van der Waals surface area contributed by atoms with Gasteiger partial charge in [0.15, 0.2) is 0 Å². The number of carbonyl (C=O) groups excluding carboxylic acids is 1. The number of nitrogens with one attached hydrogen (secondary N) is 1. The number of benzene rings is 2. The normalized spacial score (nSPS) is 10.8. The van der Waals surface area contributed by atoms with Crippen LogP contribution in [0, 0.1) is 6.92 Å². The Kier molecular flexibility index (Phi) is 5.83. The molecular formula is C17H18Cl2N2O. The lowest BCUT2D eigenvalue weighted by atomic mass is 10.1. The Balaban J connectivity index is 1.94. The summed E-state index contributed by atoms with van der Waals surface area (Å²) in [5.41, 5.74) is 2.95. The van der Waals surface area contributed by atoms with Gasteiger partial charge in [0.25, 0.3) is 0 Å². The highest BCUT2D eigenvalue weighted by atomic mass is 35.5. The highest BCUT2D eigenvalue weighted by Gasteiger charge is 2.10. The molecular weight excluding hydrogens is 319 g/mol. The maximum Gasteiger partial charge on any atom is 0.238 e. The number of aryl methyl sites for hydroxylation is 1. The van der Waals surface area contributed by atoms with Crippen molar-refractivity contribution in [3.63, 3.8) is 0 Å². The third-order valence-corrected chi connectivity index (χ3v) is 3.88. The van der Waals surface area contributed by atoms with E-state index in [2.05, 4.69) is 24.4 Å². The summed E-state index contributed by atoms with van der Waals surface area (Å²) in [5, 5.41) is 3.79. The molecule has 2 rings (SSSR count). The summed E-state index contributed by atoms with van der Waals surface area (Å²) in [5.74, 6) is -0.125. The van der Waals surface area contributed by atoms with E-state index in [4.69, 9.17) is 23.2 Å². The van der Waals surface area contributed by atoms with E-state index in [-0.39, 0.29) is 12.5 Å². The number of likely N-dealkylation sites (N-methyl/N-ethyl adjacent to an activating group) is 1. The van der Waals surface area contributed by atoms with Crippen LogP contribution in [0.3, 0.4) is 0 Å². The summed E-state index contributed by atoms with van der Waals surface area (Å²) in [4.78, 5) is 14.1. The molecule has 0 aliphatic heterocycles. The van der Waals surface area contributed by atoms with Crippen LogP contribution in [0.5, 0.6) is 0 Å². The SMILES string of the molecule is Cc1ccccc1CN(C)CC(=O)Nc1cc(Cl)ccc1Cl. The van der Waals surface area contributed by atoms with Gasteiger partial charge in [0.05, 0.1) is 17.3 Å². The van der Waals surface area contributed by atoms with Crippen LogP contribution in [-0.2, 0) is 11.3 Å². The lowest BCUT2D eigenvalue weighted by Crippen LogP contribution is -2.30. The van der Waals surface area contributed by atoms with E-state index in [9.17, 15) is 4.79 Å². The molecule has 0 atom stereocenters. The van der Waals surface area contributed by atoms with Gasteiger partial charge >= 0.3 is 0 Å². The Labute approximate surface area is 140 Å². The van der Waals surface area contributed by atoms with Crippen molar-refractivity contribution in [3.8, 4) is 0 Å². The van der Waals surface area contributed by atoms with Crippen LogP contribution in [0.2, 0.25) is 10.0 Å². The molecule has 5 heteroatoms. The second-order valence-electron chi connectivity index (χ2n) is 5.27. The fraction of sp³-hybridized carbons (Fsp3) is 0.235. The number of hydrogen-bond acceptors (Lipinski definition) is 2. The Morgan fingerprint density at radius 2 is 1.91 bits per heavy atom. The molecule has 1 N–H and O–H groups in total. The molecule has 2 aromatic rings. The van der Waals surface area contributed by atoms with E-state index in [1.165, 1.54) is 11.1 Å². The number of rotatable bonds is 5. The molecule has 0 unspecified atom stereocenters. The maximum absolute atomic E-state index is 12.1. The zero-order valence-corrected chi connectivity index (χ0v) is 14.1. The van der Waals surface area contributed by atoms with Crippen LogP contribution >= 0.6 is 23.2 Å². The topological polar surface area (TPSA) is 32.3 Å². The van der Waals surface area contributed by atoms with E-state index >= 15 is 0 Å². The molecule has 3 nitrogen and oxygen atoms in total. The highest BCUT2D eigenvalue weighted by Crippen LogP contribution is 2.25. The molecule has 0 bridgehead atoms. The smallest absolute Gasteiger partial charge is 0.238 e. The molecule has 2 aromatic carbocycles. The Morgan fingerprint density at radius 1 is 1.18 bits per heavy atom. The molecule has 22 heavy (non-hydrogen) atoms. The van der Waals surface area contributed by atoms with Gasteiger partial charge in [-0.05, 0) is 43.3 Å². The Morgan fingerprint density at radius 3 is 2.64 bits per heavy atom. The summed E-state index contributed by atoms with van der Waals surface area (Å²) in [7, 11) is 1.91. The van der Waals surface area contributed by atoms with Crippen LogP contribution in [-0.4, -0.2) is 24.4 Å². The number of carbonyl (C=O) groups is 1. The van der Waals surface area contributed by atoms with E-state index in [0.29, 0.717) is 22.3 Å². The van der Waals surface area contributed by atoms with E-state index in [1.807, 2.05) is 24.1 Å². The average molecular weight is 337 g/mol. The number of nitrogens with zero attached hydrogens (tertiary/aromatic N) is 1. The monoisotopic (exact) mass is 336 g/mol. The minimum Gasteiger partial charge on any atom is -0.324 e. The lowest BCUT2D eigenvalue weighted by Gasteiger charge is -2.18. The molecule has 0 fully saturated rings. The second kappa shape index (κ2) is 7.63. The first kappa shape index (κ1) is 16.8. The molecule has 0 aromatic heterocycles. The quantitative estimate of drug-likeness (QED) is 0.879. The van der Waals surface area contributed by atoms with Crippen molar-refractivity contribution in [1.82, 2.24) is 4.90 Å². The molecule has 116 valence electrons. The van der Waals surface area contributed by atoms with Gasteiger partial charge < -0.3 is 5.32 Å². The van der Waals surface area contributed by atoms with Crippen molar-refractivity contribution in [2.75, 3.05) is 18.9 Å². The number of hydrogen-bond donors (Lipinski definition) is 1. The number of amides is 1. The number of halogens is 2. The minimum absolute atomic E-state index is 0.125. The van der Waals surface area contributed by atoms with Gasteiger partial charge in [-0.2, -0.15) is 0 Å². The summed E-state index contributed by atoms with van der Waals surface area (Å²) >= 11 is 12.0. The first-order valence-electron chi connectivity index (χ1n) is 6.93. The van der Waals surface area contributed by atoms with Crippen molar-refractivity contribution >= 4 is 34.8 Å². The van der Waals surface area contributed by atoms with Crippen LogP contribution in [0.4, 0.5) is 5.69 Å². The van der Waals surface area contributed by atoms with Gasteiger partial charge in [-0.25, -0.2) is 0 Å². The standard InChI is InChI=1S/C17H18Cl2N2O/c1-12-5-3-4-6-13(12)10-21(2)11-17(22)20-16-9-14(18)7-8-15(16)19/h3-9H,10-11H2,1-2H3,(H,20,22). The first-order valence-corrected chi connectivity index (χ1v) is 7.69. The van der Waals surface area contributed by atoms with Crippen molar-refractivity contribution in [3.05, 3.63) is 63.6 Å². The molecule has 1 amide bonds. The summed E-state index contributed by atoms with van der Waals surface area (Å²) in [6, 6.07) is 13.1. The largest absolute Gasteiger partial charge is 0.324 e. The lowest BCUT2D eigenvalue weighted by molar-refractivity contribution is -0.117. The zero-order valence-electron chi connectivity index (χ0n) is 12.6. The van der Waals surface area contributed by atoms with E-state index < -0.39 is 0 Å². The molecule has 0 aliphatic rings. The van der Waals surface area contributed by atoms with Crippen molar-refractivity contribution in [2.45, 2.75) is 13.5 Å². The van der Waals surface area contributed by atoms with Crippen LogP contribution in [0.25, 0.3) is 0 Å². The highest BCUT2D eigenvalue weighted by molar-refractivity contribution is 6.35. The number of anilines is 1. The van der Waals surface area contributed by atoms with Gasteiger partial charge in [-0.15, -0.1) is 0 Å². The van der Waals surface area contributed by atoms with Gasteiger partial charge in [0.2, 0.25) is 5.91 Å². The van der Waals surface area contributed by atoms with E-state index in [1.54, 1.807) is 18.2 Å². The third-order valence-electron chi connectivity index (χ3n) is 3.32. The minimum atomic E-state index is -0.125. The average Bonchev–Trinajstić information content (AvgIpc) is 2.45. The first-order chi connectivity index (χ1) is 10.5.